The van der Waals surface area contributed by atoms with Gasteiger partial charge in [-0.25, -0.2) is 0 Å². The normalized spacial score (nSPS) is 10.7. The Kier molecular flexibility index (Phi) is 4.63. The van der Waals surface area contributed by atoms with E-state index in [0.717, 1.165) is 0 Å². The summed E-state index contributed by atoms with van der Waals surface area (Å²) in [5, 5.41) is 9.62. The Bertz CT molecular complexity index is 974. The molecular weight excluding hydrogens is 324 g/mol. The Morgan fingerprint density at radius 1 is 0.960 bits per heavy atom. The Labute approximate surface area is 144 Å². The summed E-state index contributed by atoms with van der Waals surface area (Å²) in [4.78, 5) is 12.8. The molecule has 0 atom stereocenters. The van der Waals surface area contributed by atoms with Crippen molar-refractivity contribution in [3.63, 3.8) is 0 Å². The van der Waals surface area contributed by atoms with Crippen LogP contribution in [0, 0.1) is 0 Å². The molecule has 6 nitrogen and oxygen atoms in total. The molecule has 0 bridgehead atoms. The van der Waals surface area contributed by atoms with Gasteiger partial charge in [0, 0.05) is 5.56 Å². The van der Waals surface area contributed by atoms with Crippen LogP contribution >= 0.6 is 0 Å². The van der Waals surface area contributed by atoms with Crippen molar-refractivity contribution in [3.05, 3.63) is 52.2 Å². The quantitative estimate of drug-likeness (QED) is 0.768. The van der Waals surface area contributed by atoms with Crippen molar-refractivity contribution in [1.82, 2.24) is 0 Å². The van der Waals surface area contributed by atoms with E-state index in [0.29, 0.717) is 39.4 Å². The highest BCUT2D eigenvalue weighted by molar-refractivity contribution is 5.83. The molecule has 3 rings (SSSR count). The predicted octanol–water partition coefficient (Wildman–Crippen LogP) is 2.98. The number of benzene rings is 2. The highest BCUT2D eigenvalue weighted by Crippen LogP contribution is 2.36. The van der Waals surface area contributed by atoms with Crippen LogP contribution in [0.5, 0.6) is 17.2 Å². The molecule has 1 aromatic heterocycles. The highest BCUT2D eigenvalue weighted by Gasteiger charge is 2.18. The van der Waals surface area contributed by atoms with Crippen molar-refractivity contribution in [2.45, 2.75) is 6.61 Å². The van der Waals surface area contributed by atoms with Crippen molar-refractivity contribution in [1.29, 1.82) is 0 Å². The minimum absolute atomic E-state index is 0.0924. The monoisotopic (exact) mass is 342 g/mol. The minimum Gasteiger partial charge on any atom is -0.493 e. The standard InChI is InChI=1S/C19H18O6/c1-22-15-7-5-12(9-16(15)23-2)18-19(24-3)17(21)13-8-11(10-20)4-6-14(13)25-18/h4-9,20H,10H2,1-3H3. The maximum absolute atomic E-state index is 12.8. The molecule has 0 aliphatic rings. The number of rotatable bonds is 5. The summed E-state index contributed by atoms with van der Waals surface area (Å²) >= 11 is 0. The number of fused-ring (bicyclic) bond motifs is 1. The fourth-order valence-electron chi connectivity index (χ4n) is 2.68. The Hall–Kier alpha value is -2.99. The summed E-state index contributed by atoms with van der Waals surface area (Å²) in [6.45, 7) is -0.158. The van der Waals surface area contributed by atoms with Crippen molar-refractivity contribution in [2.24, 2.45) is 0 Å². The molecule has 0 aliphatic carbocycles. The Morgan fingerprint density at radius 3 is 2.36 bits per heavy atom. The van der Waals surface area contributed by atoms with Gasteiger partial charge in [0.15, 0.2) is 17.3 Å². The van der Waals surface area contributed by atoms with Crippen LogP contribution in [-0.2, 0) is 6.61 Å². The van der Waals surface area contributed by atoms with E-state index in [2.05, 4.69) is 0 Å². The van der Waals surface area contributed by atoms with Crippen LogP contribution in [0.4, 0.5) is 0 Å². The fraction of sp³-hybridized carbons (Fsp3) is 0.211. The average Bonchev–Trinajstić information content (AvgIpc) is 2.67. The van der Waals surface area contributed by atoms with Gasteiger partial charge in [-0.2, -0.15) is 0 Å². The van der Waals surface area contributed by atoms with Gasteiger partial charge in [0.25, 0.3) is 0 Å². The predicted molar refractivity (Wildman–Crippen MR) is 93.5 cm³/mol. The molecule has 25 heavy (non-hydrogen) atoms. The Balaban J connectivity index is 2.27. The van der Waals surface area contributed by atoms with E-state index in [-0.39, 0.29) is 17.8 Å². The van der Waals surface area contributed by atoms with Gasteiger partial charge in [0.2, 0.25) is 11.2 Å². The molecule has 0 saturated carbocycles. The van der Waals surface area contributed by atoms with Gasteiger partial charge in [-0.15, -0.1) is 0 Å². The van der Waals surface area contributed by atoms with Gasteiger partial charge in [-0.1, -0.05) is 6.07 Å². The molecular formula is C19H18O6. The molecule has 0 radical (unpaired) electrons. The molecule has 0 spiro atoms. The molecule has 6 heteroatoms. The Morgan fingerprint density at radius 2 is 1.72 bits per heavy atom. The molecule has 130 valence electrons. The van der Waals surface area contributed by atoms with Gasteiger partial charge < -0.3 is 23.7 Å². The molecule has 1 heterocycles. The summed E-state index contributed by atoms with van der Waals surface area (Å²) in [5.74, 6) is 1.48. The first-order valence-corrected chi connectivity index (χ1v) is 7.60. The van der Waals surface area contributed by atoms with Crippen LogP contribution < -0.4 is 19.6 Å². The van der Waals surface area contributed by atoms with Crippen LogP contribution in [0.15, 0.2) is 45.6 Å². The zero-order valence-electron chi connectivity index (χ0n) is 14.2. The molecule has 2 aromatic carbocycles. The first kappa shape index (κ1) is 16.9. The molecule has 3 aromatic rings. The lowest BCUT2D eigenvalue weighted by molar-refractivity contribution is 0.282. The number of methoxy groups -OCH3 is 3. The van der Waals surface area contributed by atoms with Crippen LogP contribution in [0.2, 0.25) is 0 Å². The van der Waals surface area contributed by atoms with Gasteiger partial charge in [-0.05, 0) is 35.9 Å². The molecule has 0 amide bonds. The third-order valence-electron chi connectivity index (χ3n) is 3.95. The van der Waals surface area contributed by atoms with Crippen LogP contribution in [0.3, 0.4) is 0 Å². The first-order chi connectivity index (χ1) is 12.1. The van der Waals surface area contributed by atoms with E-state index in [1.54, 1.807) is 43.5 Å². The van der Waals surface area contributed by atoms with Crippen molar-refractivity contribution in [3.8, 4) is 28.6 Å². The van der Waals surface area contributed by atoms with E-state index in [4.69, 9.17) is 18.6 Å². The van der Waals surface area contributed by atoms with E-state index < -0.39 is 0 Å². The van der Waals surface area contributed by atoms with Crippen LogP contribution in [0.1, 0.15) is 5.56 Å². The lowest BCUT2D eigenvalue weighted by Gasteiger charge is -2.12. The molecule has 0 fully saturated rings. The van der Waals surface area contributed by atoms with Gasteiger partial charge in [0.1, 0.15) is 5.58 Å². The number of aliphatic hydroxyl groups excluding tert-OH is 1. The maximum Gasteiger partial charge on any atom is 0.235 e. The summed E-state index contributed by atoms with van der Waals surface area (Å²) in [7, 11) is 4.50. The third-order valence-corrected chi connectivity index (χ3v) is 3.95. The fourth-order valence-corrected chi connectivity index (χ4v) is 2.68. The van der Waals surface area contributed by atoms with Gasteiger partial charge in [0.05, 0.1) is 33.3 Å². The lowest BCUT2D eigenvalue weighted by Crippen LogP contribution is -2.08. The third kappa shape index (κ3) is 2.92. The summed E-state index contributed by atoms with van der Waals surface area (Å²) in [5.41, 5.74) is 1.36. The topological polar surface area (TPSA) is 78.1 Å². The second-order valence-corrected chi connectivity index (χ2v) is 5.35. The molecule has 0 saturated heterocycles. The van der Waals surface area contributed by atoms with E-state index in [1.165, 1.54) is 14.2 Å². The minimum atomic E-state index is -0.302. The second-order valence-electron chi connectivity index (χ2n) is 5.35. The average molecular weight is 342 g/mol. The van der Waals surface area contributed by atoms with E-state index in [1.807, 2.05) is 0 Å². The van der Waals surface area contributed by atoms with Crippen LogP contribution in [-0.4, -0.2) is 26.4 Å². The second kappa shape index (κ2) is 6.86. The SMILES string of the molecule is COc1ccc(-c2oc3ccc(CO)cc3c(=O)c2OC)cc1OC. The summed E-state index contributed by atoms with van der Waals surface area (Å²) in [6.07, 6.45) is 0. The van der Waals surface area contributed by atoms with Crippen molar-refractivity contribution in [2.75, 3.05) is 21.3 Å². The maximum atomic E-state index is 12.8. The number of aliphatic hydroxyl groups is 1. The van der Waals surface area contributed by atoms with Gasteiger partial charge in [-0.3, -0.25) is 4.79 Å². The van der Waals surface area contributed by atoms with Gasteiger partial charge >= 0.3 is 0 Å². The zero-order chi connectivity index (χ0) is 18.0. The van der Waals surface area contributed by atoms with E-state index in [9.17, 15) is 9.90 Å². The first-order valence-electron chi connectivity index (χ1n) is 7.60. The van der Waals surface area contributed by atoms with Crippen molar-refractivity contribution < 1.29 is 23.7 Å². The molecule has 0 unspecified atom stereocenters. The number of ether oxygens (including phenoxy) is 3. The lowest BCUT2D eigenvalue weighted by atomic mass is 10.1. The largest absolute Gasteiger partial charge is 0.493 e. The van der Waals surface area contributed by atoms with Crippen LogP contribution in [0.25, 0.3) is 22.3 Å². The summed E-state index contributed by atoms with van der Waals surface area (Å²) < 4.78 is 21.8. The molecule has 0 aliphatic heterocycles. The summed E-state index contributed by atoms with van der Waals surface area (Å²) in [6, 6.07) is 10.2. The smallest absolute Gasteiger partial charge is 0.235 e. The molecule has 1 N–H and O–H groups in total. The zero-order valence-corrected chi connectivity index (χ0v) is 14.2. The number of hydrogen-bond acceptors (Lipinski definition) is 6. The van der Waals surface area contributed by atoms with Crippen molar-refractivity contribution >= 4 is 11.0 Å². The van der Waals surface area contributed by atoms with E-state index >= 15 is 0 Å². The highest BCUT2D eigenvalue weighted by atomic mass is 16.5. The number of hydrogen-bond donors (Lipinski definition) is 1.